The SMILES string of the molecule is CC(C)COc1cccc(NC2CCCc3sccc32)c1. The number of hydrogen-bond donors (Lipinski definition) is 1. The van der Waals surface area contributed by atoms with E-state index in [1.807, 2.05) is 17.4 Å². The van der Waals surface area contributed by atoms with Crippen LogP contribution in [0, 0.1) is 5.92 Å². The second-order valence-electron chi connectivity index (χ2n) is 6.12. The minimum Gasteiger partial charge on any atom is -0.493 e. The highest BCUT2D eigenvalue weighted by Gasteiger charge is 2.20. The highest BCUT2D eigenvalue weighted by molar-refractivity contribution is 7.10. The van der Waals surface area contributed by atoms with Gasteiger partial charge >= 0.3 is 0 Å². The minimum atomic E-state index is 0.445. The molecule has 21 heavy (non-hydrogen) atoms. The number of ether oxygens (including phenoxy) is 1. The number of benzene rings is 1. The van der Waals surface area contributed by atoms with Gasteiger partial charge in [-0.15, -0.1) is 11.3 Å². The Labute approximate surface area is 131 Å². The molecule has 0 saturated heterocycles. The molecule has 1 aliphatic rings. The number of fused-ring (bicyclic) bond motifs is 1. The van der Waals surface area contributed by atoms with E-state index in [0.717, 1.165) is 18.0 Å². The molecule has 3 rings (SSSR count). The van der Waals surface area contributed by atoms with Crippen LogP contribution < -0.4 is 10.1 Å². The zero-order valence-electron chi connectivity index (χ0n) is 12.8. The first-order valence-electron chi connectivity index (χ1n) is 7.78. The number of nitrogens with one attached hydrogen (secondary N) is 1. The number of aryl methyl sites for hydroxylation is 1. The summed E-state index contributed by atoms with van der Waals surface area (Å²) in [5.74, 6) is 1.50. The second kappa shape index (κ2) is 6.52. The first-order valence-corrected chi connectivity index (χ1v) is 8.66. The van der Waals surface area contributed by atoms with E-state index in [-0.39, 0.29) is 0 Å². The summed E-state index contributed by atoms with van der Waals surface area (Å²) in [6, 6.07) is 11.1. The number of thiophene rings is 1. The Morgan fingerprint density at radius 1 is 1.33 bits per heavy atom. The van der Waals surface area contributed by atoms with Crippen LogP contribution in [0.15, 0.2) is 35.7 Å². The molecule has 2 nitrogen and oxygen atoms in total. The van der Waals surface area contributed by atoms with Gasteiger partial charge in [0.1, 0.15) is 5.75 Å². The summed E-state index contributed by atoms with van der Waals surface area (Å²) < 4.78 is 5.81. The summed E-state index contributed by atoms with van der Waals surface area (Å²) in [7, 11) is 0. The third-order valence-electron chi connectivity index (χ3n) is 3.81. The lowest BCUT2D eigenvalue weighted by Gasteiger charge is -2.25. The van der Waals surface area contributed by atoms with Gasteiger partial charge in [0.15, 0.2) is 0 Å². The van der Waals surface area contributed by atoms with Crippen molar-refractivity contribution in [2.24, 2.45) is 5.92 Å². The minimum absolute atomic E-state index is 0.445. The molecule has 1 unspecified atom stereocenters. The van der Waals surface area contributed by atoms with Crippen LogP contribution in [-0.2, 0) is 6.42 Å². The van der Waals surface area contributed by atoms with Crippen molar-refractivity contribution in [3.63, 3.8) is 0 Å². The molecule has 112 valence electrons. The Kier molecular flexibility index (Phi) is 4.49. The van der Waals surface area contributed by atoms with Crippen LogP contribution in [0.2, 0.25) is 0 Å². The fraction of sp³-hybridized carbons (Fsp3) is 0.444. The van der Waals surface area contributed by atoms with E-state index in [2.05, 4.69) is 48.8 Å². The normalized spacial score (nSPS) is 17.6. The van der Waals surface area contributed by atoms with Crippen LogP contribution >= 0.6 is 11.3 Å². The van der Waals surface area contributed by atoms with Crippen molar-refractivity contribution in [1.82, 2.24) is 0 Å². The summed E-state index contributed by atoms with van der Waals surface area (Å²) in [5, 5.41) is 5.89. The first-order chi connectivity index (χ1) is 10.2. The predicted octanol–water partition coefficient (Wildman–Crippen LogP) is 5.27. The first kappa shape index (κ1) is 14.5. The number of rotatable bonds is 5. The molecule has 3 heteroatoms. The maximum Gasteiger partial charge on any atom is 0.121 e. The predicted molar refractivity (Wildman–Crippen MR) is 90.4 cm³/mol. The van der Waals surface area contributed by atoms with Crippen LogP contribution in [0.1, 0.15) is 43.2 Å². The van der Waals surface area contributed by atoms with Gasteiger partial charge in [0.05, 0.1) is 12.6 Å². The molecule has 0 amide bonds. The number of hydrogen-bond acceptors (Lipinski definition) is 3. The Bertz CT molecular complexity index is 590. The van der Waals surface area contributed by atoms with Crippen molar-refractivity contribution in [1.29, 1.82) is 0 Å². The van der Waals surface area contributed by atoms with E-state index in [1.54, 1.807) is 4.88 Å². The second-order valence-corrected chi connectivity index (χ2v) is 7.12. The van der Waals surface area contributed by atoms with E-state index in [4.69, 9.17) is 4.74 Å². The molecule has 1 atom stereocenters. The van der Waals surface area contributed by atoms with Gasteiger partial charge in [-0.3, -0.25) is 0 Å². The van der Waals surface area contributed by atoms with Crippen LogP contribution in [0.25, 0.3) is 0 Å². The van der Waals surface area contributed by atoms with Crippen molar-refractivity contribution in [3.05, 3.63) is 46.2 Å². The van der Waals surface area contributed by atoms with Crippen LogP contribution in [0.4, 0.5) is 5.69 Å². The van der Waals surface area contributed by atoms with Gasteiger partial charge in [0.25, 0.3) is 0 Å². The van der Waals surface area contributed by atoms with E-state index < -0.39 is 0 Å². The van der Waals surface area contributed by atoms with Crippen molar-refractivity contribution in [3.8, 4) is 5.75 Å². The van der Waals surface area contributed by atoms with Gasteiger partial charge in [0.2, 0.25) is 0 Å². The highest BCUT2D eigenvalue weighted by atomic mass is 32.1. The van der Waals surface area contributed by atoms with E-state index in [1.165, 1.54) is 24.8 Å². The van der Waals surface area contributed by atoms with Crippen molar-refractivity contribution in [2.45, 2.75) is 39.2 Å². The smallest absolute Gasteiger partial charge is 0.121 e. The van der Waals surface area contributed by atoms with Crippen LogP contribution in [0.3, 0.4) is 0 Å². The summed E-state index contributed by atoms with van der Waals surface area (Å²) in [4.78, 5) is 1.55. The van der Waals surface area contributed by atoms with Gasteiger partial charge in [-0.1, -0.05) is 19.9 Å². The molecule has 2 aromatic rings. The van der Waals surface area contributed by atoms with Gasteiger partial charge < -0.3 is 10.1 Å². The topological polar surface area (TPSA) is 21.3 Å². The fourth-order valence-electron chi connectivity index (χ4n) is 2.78. The van der Waals surface area contributed by atoms with E-state index >= 15 is 0 Å². The Morgan fingerprint density at radius 2 is 2.24 bits per heavy atom. The molecule has 1 aromatic heterocycles. The standard InChI is InChI=1S/C18H23NOS/c1-13(2)12-20-15-6-3-5-14(11-15)19-17-7-4-8-18-16(17)9-10-21-18/h3,5-6,9-11,13,17,19H,4,7-8,12H2,1-2H3. The summed E-state index contributed by atoms with van der Waals surface area (Å²) in [6.45, 7) is 5.10. The van der Waals surface area contributed by atoms with Crippen LogP contribution in [0.5, 0.6) is 5.75 Å². The monoisotopic (exact) mass is 301 g/mol. The maximum absolute atomic E-state index is 5.81. The van der Waals surface area contributed by atoms with Gasteiger partial charge in [-0.25, -0.2) is 0 Å². The van der Waals surface area contributed by atoms with Gasteiger partial charge in [-0.05, 0) is 54.3 Å². The lowest BCUT2D eigenvalue weighted by Crippen LogP contribution is -2.15. The summed E-state index contributed by atoms with van der Waals surface area (Å²) in [5.41, 5.74) is 2.64. The molecule has 0 bridgehead atoms. The Hall–Kier alpha value is -1.48. The molecule has 0 radical (unpaired) electrons. The maximum atomic E-state index is 5.81. The van der Waals surface area contributed by atoms with Gasteiger partial charge in [0, 0.05) is 16.6 Å². The lowest BCUT2D eigenvalue weighted by molar-refractivity contribution is 0.271. The third-order valence-corrected chi connectivity index (χ3v) is 4.81. The quantitative estimate of drug-likeness (QED) is 0.812. The molecule has 1 aromatic carbocycles. The molecule has 1 heterocycles. The van der Waals surface area contributed by atoms with Crippen LogP contribution in [-0.4, -0.2) is 6.61 Å². The van der Waals surface area contributed by atoms with E-state index in [9.17, 15) is 0 Å². The van der Waals surface area contributed by atoms with E-state index in [0.29, 0.717) is 12.0 Å². The zero-order chi connectivity index (χ0) is 14.7. The number of anilines is 1. The fourth-order valence-corrected chi connectivity index (χ4v) is 3.76. The lowest BCUT2D eigenvalue weighted by atomic mass is 9.94. The summed E-state index contributed by atoms with van der Waals surface area (Å²) >= 11 is 1.89. The molecule has 0 spiro atoms. The Balaban J connectivity index is 1.70. The zero-order valence-corrected chi connectivity index (χ0v) is 13.6. The average molecular weight is 301 g/mol. The molecule has 0 fully saturated rings. The molecule has 1 aliphatic carbocycles. The summed E-state index contributed by atoms with van der Waals surface area (Å²) in [6.07, 6.45) is 3.72. The molecular formula is C18H23NOS. The molecule has 1 N–H and O–H groups in total. The molecule has 0 saturated carbocycles. The highest BCUT2D eigenvalue weighted by Crippen LogP contribution is 2.35. The average Bonchev–Trinajstić information content (AvgIpc) is 2.95. The van der Waals surface area contributed by atoms with Crippen molar-refractivity contribution >= 4 is 17.0 Å². The van der Waals surface area contributed by atoms with Gasteiger partial charge in [-0.2, -0.15) is 0 Å². The largest absolute Gasteiger partial charge is 0.493 e. The van der Waals surface area contributed by atoms with Crippen molar-refractivity contribution < 1.29 is 4.74 Å². The third kappa shape index (κ3) is 3.59. The van der Waals surface area contributed by atoms with Crippen molar-refractivity contribution in [2.75, 3.05) is 11.9 Å². The molecular weight excluding hydrogens is 278 g/mol. The molecule has 0 aliphatic heterocycles. The Morgan fingerprint density at radius 3 is 3.10 bits per heavy atom.